The lowest BCUT2D eigenvalue weighted by Gasteiger charge is -2.59. The van der Waals surface area contributed by atoms with Gasteiger partial charge in [0, 0.05) is 18.4 Å². The average Bonchev–Trinajstić information content (AvgIpc) is 3.32. The van der Waals surface area contributed by atoms with Gasteiger partial charge >= 0.3 is 0 Å². The molecule has 3 saturated carbocycles. The number of ketones is 1. The van der Waals surface area contributed by atoms with Crippen LogP contribution >= 0.6 is 0 Å². The van der Waals surface area contributed by atoms with Crippen LogP contribution in [0.5, 0.6) is 5.75 Å². The van der Waals surface area contributed by atoms with Crippen molar-refractivity contribution in [1.29, 1.82) is 0 Å². The molecule has 0 saturated heterocycles. The number of fused-ring (bicyclic) bond motifs is 6. The van der Waals surface area contributed by atoms with Gasteiger partial charge in [0.1, 0.15) is 11.5 Å². The van der Waals surface area contributed by atoms with Crippen LogP contribution in [-0.2, 0) is 11.2 Å². The van der Waals surface area contributed by atoms with E-state index in [4.69, 9.17) is 5.10 Å². The van der Waals surface area contributed by atoms with Gasteiger partial charge in [-0.15, -0.1) is 0 Å². The highest BCUT2D eigenvalue weighted by molar-refractivity contribution is 5.82. The Morgan fingerprint density at radius 3 is 2.83 bits per heavy atom. The summed E-state index contributed by atoms with van der Waals surface area (Å²) in [5.74, 6) is 2.26. The monoisotopic (exact) mass is 474 g/mol. The molecule has 0 spiro atoms. The zero-order valence-corrected chi connectivity index (χ0v) is 21.4. The molecule has 0 amide bonds. The van der Waals surface area contributed by atoms with E-state index >= 15 is 0 Å². The number of aliphatic hydroxyl groups is 1. The van der Waals surface area contributed by atoms with Gasteiger partial charge < -0.3 is 10.2 Å². The summed E-state index contributed by atoms with van der Waals surface area (Å²) < 4.78 is 1.93. The van der Waals surface area contributed by atoms with E-state index in [0.29, 0.717) is 30.0 Å². The molecule has 186 valence electrons. The summed E-state index contributed by atoms with van der Waals surface area (Å²) in [7, 11) is 0. The van der Waals surface area contributed by atoms with E-state index in [1.165, 1.54) is 11.1 Å². The summed E-state index contributed by atoms with van der Waals surface area (Å²) in [5.41, 5.74) is 4.40. The highest BCUT2D eigenvalue weighted by Gasteiger charge is 2.64. The second-order valence-corrected chi connectivity index (χ2v) is 12.4. The highest BCUT2D eigenvalue weighted by Crippen LogP contribution is 2.67. The number of carbonyl (C=O) groups is 1. The fraction of sp³-hybridized carbons (Fsp3) is 0.600. The van der Waals surface area contributed by atoms with Crippen molar-refractivity contribution in [2.75, 3.05) is 0 Å². The number of hydrogen-bond acceptors (Lipinski definition) is 4. The standard InChI is InChI=1S/C30H38N2O3/c1-5-25(34)27-17(2)11-23-22-10-9-19-12-24-18(16-31-32(24)20-7-6-8-21(33)13-20)14-29(19,3)28(22)26(35)15-30(23,27)4/h6-8,12-13,16-17,22-23,26-28,33,35H,5,9-11,14-15H2,1-4H3/t17-,22+,23+,26+,27-,28-,29+,30+/m1/s1. The summed E-state index contributed by atoms with van der Waals surface area (Å²) in [4.78, 5) is 13.0. The van der Waals surface area contributed by atoms with E-state index in [9.17, 15) is 15.0 Å². The van der Waals surface area contributed by atoms with Gasteiger partial charge in [-0.05, 0) is 90.4 Å². The highest BCUT2D eigenvalue weighted by atomic mass is 16.3. The Morgan fingerprint density at radius 1 is 1.29 bits per heavy atom. The molecule has 1 heterocycles. The van der Waals surface area contributed by atoms with E-state index in [-0.39, 0.29) is 28.4 Å². The Balaban J connectivity index is 1.37. The van der Waals surface area contributed by atoms with E-state index in [0.717, 1.165) is 43.5 Å². The van der Waals surface area contributed by atoms with Crippen molar-refractivity contribution in [2.24, 2.45) is 40.4 Å². The number of benzene rings is 1. The third-order valence-corrected chi connectivity index (χ3v) is 10.5. The summed E-state index contributed by atoms with van der Waals surface area (Å²) in [5, 5.41) is 26.4. The van der Waals surface area contributed by atoms with Crippen molar-refractivity contribution >= 4 is 11.9 Å². The number of Topliss-reactive ketones (excluding diaryl/α,β-unsaturated/α-hetero) is 1. The molecule has 0 aliphatic heterocycles. The van der Waals surface area contributed by atoms with Crippen molar-refractivity contribution in [3.05, 3.63) is 47.3 Å². The lowest BCUT2D eigenvalue weighted by atomic mass is 9.45. The largest absolute Gasteiger partial charge is 0.508 e. The fourth-order valence-corrected chi connectivity index (χ4v) is 9.29. The van der Waals surface area contributed by atoms with Gasteiger partial charge in [0.15, 0.2) is 0 Å². The second kappa shape index (κ2) is 7.80. The first-order chi connectivity index (χ1) is 16.7. The summed E-state index contributed by atoms with van der Waals surface area (Å²) in [6.07, 6.45) is 9.31. The number of aliphatic hydroxyl groups excluding tert-OH is 1. The number of hydrogen-bond donors (Lipinski definition) is 2. The molecule has 1 aromatic heterocycles. The van der Waals surface area contributed by atoms with Gasteiger partial charge in [0.2, 0.25) is 0 Å². The maximum Gasteiger partial charge on any atom is 0.136 e. The molecular weight excluding hydrogens is 436 g/mol. The minimum Gasteiger partial charge on any atom is -0.508 e. The first kappa shape index (κ1) is 23.0. The number of carbonyl (C=O) groups excluding carboxylic acids is 1. The van der Waals surface area contributed by atoms with Crippen LogP contribution in [0.3, 0.4) is 0 Å². The van der Waals surface area contributed by atoms with Crippen LogP contribution in [0.15, 0.2) is 36.0 Å². The van der Waals surface area contributed by atoms with Crippen molar-refractivity contribution < 1.29 is 15.0 Å². The fourth-order valence-electron chi connectivity index (χ4n) is 9.29. The van der Waals surface area contributed by atoms with Crippen molar-refractivity contribution in [3.63, 3.8) is 0 Å². The predicted octanol–water partition coefficient (Wildman–Crippen LogP) is 5.57. The molecule has 6 rings (SSSR count). The molecule has 0 bridgehead atoms. The molecule has 4 aliphatic carbocycles. The van der Waals surface area contributed by atoms with Crippen LogP contribution in [0.2, 0.25) is 0 Å². The normalized spacial score (nSPS) is 39.7. The van der Waals surface area contributed by atoms with E-state index < -0.39 is 6.10 Å². The first-order valence-electron chi connectivity index (χ1n) is 13.5. The molecule has 2 aromatic rings. The molecule has 2 N–H and O–H groups in total. The Morgan fingerprint density at radius 2 is 2.09 bits per heavy atom. The smallest absolute Gasteiger partial charge is 0.136 e. The predicted molar refractivity (Wildman–Crippen MR) is 136 cm³/mol. The Labute approximate surface area is 208 Å². The van der Waals surface area contributed by atoms with Gasteiger partial charge in [0.05, 0.1) is 23.7 Å². The number of phenols is 1. The molecule has 4 aliphatic rings. The van der Waals surface area contributed by atoms with Crippen molar-refractivity contribution in [2.45, 2.75) is 72.3 Å². The number of phenolic OH excluding ortho intramolecular Hbond substituents is 1. The van der Waals surface area contributed by atoms with E-state index in [1.807, 2.05) is 29.9 Å². The molecule has 0 unspecified atom stereocenters. The molecule has 35 heavy (non-hydrogen) atoms. The molecular formula is C30H38N2O3. The topological polar surface area (TPSA) is 75.4 Å². The van der Waals surface area contributed by atoms with Crippen LogP contribution in [-0.4, -0.2) is 31.9 Å². The lowest BCUT2D eigenvalue weighted by molar-refractivity contribution is -0.142. The number of rotatable bonds is 3. The number of allylic oxidation sites excluding steroid dienone is 1. The Kier molecular flexibility index (Phi) is 5.13. The summed E-state index contributed by atoms with van der Waals surface area (Å²) >= 11 is 0. The van der Waals surface area contributed by atoms with Gasteiger partial charge in [-0.2, -0.15) is 5.10 Å². The lowest BCUT2D eigenvalue weighted by Crippen LogP contribution is -2.57. The maximum absolute atomic E-state index is 13.0. The zero-order chi connectivity index (χ0) is 24.7. The van der Waals surface area contributed by atoms with Gasteiger partial charge in [-0.25, -0.2) is 4.68 Å². The van der Waals surface area contributed by atoms with Gasteiger partial charge in [-0.1, -0.05) is 39.3 Å². The summed E-state index contributed by atoms with van der Waals surface area (Å²) in [6.45, 7) is 8.93. The van der Waals surface area contributed by atoms with E-state index in [2.05, 4.69) is 26.8 Å². The number of aromatic hydroxyl groups is 1. The zero-order valence-electron chi connectivity index (χ0n) is 21.4. The van der Waals surface area contributed by atoms with Crippen LogP contribution in [0.4, 0.5) is 0 Å². The minimum atomic E-state index is -0.393. The Hall–Kier alpha value is -2.40. The van der Waals surface area contributed by atoms with Gasteiger partial charge in [0.25, 0.3) is 0 Å². The van der Waals surface area contributed by atoms with Crippen LogP contribution in [0.1, 0.15) is 71.1 Å². The first-order valence-corrected chi connectivity index (χ1v) is 13.5. The van der Waals surface area contributed by atoms with Crippen molar-refractivity contribution in [3.8, 4) is 11.4 Å². The molecule has 5 nitrogen and oxygen atoms in total. The average molecular weight is 475 g/mol. The van der Waals surface area contributed by atoms with Crippen LogP contribution < -0.4 is 0 Å². The molecule has 0 radical (unpaired) electrons. The quantitative estimate of drug-likeness (QED) is 0.610. The second-order valence-electron chi connectivity index (χ2n) is 12.4. The molecule has 3 fully saturated rings. The summed E-state index contributed by atoms with van der Waals surface area (Å²) in [6, 6.07) is 7.24. The Bertz CT molecular complexity index is 1210. The molecule has 5 heteroatoms. The van der Waals surface area contributed by atoms with Gasteiger partial charge in [-0.3, -0.25) is 4.79 Å². The van der Waals surface area contributed by atoms with Crippen LogP contribution in [0.25, 0.3) is 11.8 Å². The van der Waals surface area contributed by atoms with E-state index in [1.54, 1.807) is 12.1 Å². The SMILES string of the molecule is CCC(=O)[C@H]1[C@H](C)C[C@H]2[C@@H]3CCC4=Cc5c(cnn5-c5cccc(O)c5)C[C@]4(C)[C@H]3[C@@H](O)C[C@@]21C. The minimum absolute atomic E-state index is 0.0799. The third-order valence-electron chi connectivity index (χ3n) is 10.5. The maximum atomic E-state index is 13.0. The number of aromatic nitrogens is 2. The third kappa shape index (κ3) is 3.16. The molecule has 1 aromatic carbocycles. The molecule has 8 atom stereocenters. The van der Waals surface area contributed by atoms with Crippen LogP contribution in [0, 0.1) is 40.4 Å². The van der Waals surface area contributed by atoms with Crippen molar-refractivity contribution in [1.82, 2.24) is 9.78 Å². The number of nitrogens with zero attached hydrogens (tertiary/aromatic N) is 2.